The second-order valence-corrected chi connectivity index (χ2v) is 4.46. The lowest BCUT2D eigenvalue weighted by Crippen LogP contribution is -2.43. The van der Waals surface area contributed by atoms with E-state index in [1.165, 1.54) is 6.20 Å². The first-order valence-electron chi connectivity index (χ1n) is 5.01. The second kappa shape index (κ2) is 4.33. The highest BCUT2D eigenvalue weighted by Crippen LogP contribution is 2.23. The van der Waals surface area contributed by atoms with Gasteiger partial charge >= 0.3 is 0 Å². The van der Waals surface area contributed by atoms with Gasteiger partial charge in [-0.1, -0.05) is 11.6 Å². The van der Waals surface area contributed by atoms with Crippen LogP contribution in [0.5, 0.6) is 0 Å². The number of nitrogens with one attached hydrogen (secondary N) is 1. The largest absolute Gasteiger partial charge is 0.379 e. The van der Waals surface area contributed by atoms with Crippen LogP contribution in [0.1, 0.15) is 19.8 Å². The quantitative estimate of drug-likeness (QED) is 0.841. The van der Waals surface area contributed by atoms with E-state index in [1.54, 1.807) is 6.20 Å². The van der Waals surface area contributed by atoms with Gasteiger partial charge in [0.25, 0.3) is 0 Å². The molecule has 82 valence electrons. The summed E-state index contributed by atoms with van der Waals surface area (Å²) in [6.45, 7) is 3.66. The Hall–Kier alpha value is -0.870. The fourth-order valence-corrected chi connectivity index (χ4v) is 1.89. The number of anilines is 1. The fraction of sp³-hybridized carbons (Fsp3) is 0.600. The van der Waals surface area contributed by atoms with Gasteiger partial charge < -0.3 is 10.1 Å². The second-order valence-electron chi connectivity index (χ2n) is 4.07. The van der Waals surface area contributed by atoms with Crippen LogP contribution in [0.2, 0.25) is 5.15 Å². The van der Waals surface area contributed by atoms with E-state index < -0.39 is 0 Å². The van der Waals surface area contributed by atoms with Crippen molar-refractivity contribution >= 4 is 17.4 Å². The average molecular weight is 228 g/mol. The van der Waals surface area contributed by atoms with Crippen LogP contribution in [-0.2, 0) is 4.74 Å². The molecule has 0 bridgehead atoms. The van der Waals surface area contributed by atoms with Crippen molar-refractivity contribution in [1.29, 1.82) is 0 Å². The van der Waals surface area contributed by atoms with Crippen molar-refractivity contribution < 1.29 is 4.74 Å². The van der Waals surface area contributed by atoms with E-state index in [4.69, 9.17) is 16.3 Å². The molecule has 1 fully saturated rings. The first-order chi connectivity index (χ1) is 7.18. The van der Waals surface area contributed by atoms with Crippen molar-refractivity contribution in [1.82, 2.24) is 9.97 Å². The summed E-state index contributed by atoms with van der Waals surface area (Å²) >= 11 is 5.76. The molecule has 1 aliphatic rings. The molecule has 5 heteroatoms. The molecule has 15 heavy (non-hydrogen) atoms. The molecular weight excluding hydrogens is 214 g/mol. The molecule has 1 aliphatic heterocycles. The summed E-state index contributed by atoms with van der Waals surface area (Å²) in [5, 5.41) is 3.72. The van der Waals surface area contributed by atoms with E-state index in [-0.39, 0.29) is 5.54 Å². The van der Waals surface area contributed by atoms with E-state index in [0.29, 0.717) is 17.6 Å². The van der Waals surface area contributed by atoms with E-state index in [2.05, 4.69) is 22.2 Å². The lowest BCUT2D eigenvalue weighted by atomic mass is 9.95. The van der Waals surface area contributed by atoms with Crippen molar-refractivity contribution in [2.75, 3.05) is 18.5 Å². The van der Waals surface area contributed by atoms with Crippen molar-refractivity contribution in [3.05, 3.63) is 17.5 Å². The lowest BCUT2D eigenvalue weighted by molar-refractivity contribution is 0.0539. The Bertz CT molecular complexity index is 339. The topological polar surface area (TPSA) is 47.0 Å². The van der Waals surface area contributed by atoms with Gasteiger partial charge in [0.05, 0.1) is 24.5 Å². The molecule has 0 aliphatic carbocycles. The number of nitrogens with zero attached hydrogens (tertiary/aromatic N) is 2. The maximum atomic E-state index is 5.76. The van der Waals surface area contributed by atoms with E-state index in [9.17, 15) is 0 Å². The molecule has 0 amide bonds. The van der Waals surface area contributed by atoms with Gasteiger partial charge in [-0.05, 0) is 19.8 Å². The third kappa shape index (κ3) is 2.79. The number of aromatic nitrogens is 2. The van der Waals surface area contributed by atoms with E-state index in [0.717, 1.165) is 19.4 Å². The monoisotopic (exact) mass is 227 g/mol. The van der Waals surface area contributed by atoms with Gasteiger partial charge in [-0.15, -0.1) is 0 Å². The van der Waals surface area contributed by atoms with Gasteiger partial charge in [0.1, 0.15) is 11.0 Å². The highest BCUT2D eigenvalue weighted by Gasteiger charge is 2.27. The number of hydrogen-bond acceptors (Lipinski definition) is 4. The van der Waals surface area contributed by atoms with Crippen LogP contribution >= 0.6 is 11.6 Å². The van der Waals surface area contributed by atoms with E-state index in [1.807, 2.05) is 0 Å². The molecule has 1 atom stereocenters. The predicted octanol–water partition coefficient (Wildman–Crippen LogP) is 2.11. The van der Waals surface area contributed by atoms with Crippen LogP contribution in [-0.4, -0.2) is 28.7 Å². The summed E-state index contributed by atoms with van der Waals surface area (Å²) in [4.78, 5) is 8.13. The summed E-state index contributed by atoms with van der Waals surface area (Å²) in [6.07, 6.45) is 5.33. The Labute approximate surface area is 94.0 Å². The number of hydrogen-bond donors (Lipinski definition) is 1. The minimum absolute atomic E-state index is 0.0579. The van der Waals surface area contributed by atoms with Crippen molar-refractivity contribution in [3.8, 4) is 0 Å². The van der Waals surface area contributed by atoms with Gasteiger partial charge in [0.15, 0.2) is 0 Å². The smallest absolute Gasteiger partial charge is 0.149 e. The minimum atomic E-state index is -0.0579. The molecule has 0 radical (unpaired) electrons. The maximum absolute atomic E-state index is 5.76. The Morgan fingerprint density at radius 1 is 1.53 bits per heavy atom. The molecule has 1 aromatic heterocycles. The molecule has 1 N–H and O–H groups in total. The number of halogens is 1. The minimum Gasteiger partial charge on any atom is -0.379 e. The van der Waals surface area contributed by atoms with Crippen molar-refractivity contribution in [2.24, 2.45) is 0 Å². The Morgan fingerprint density at radius 3 is 3.07 bits per heavy atom. The molecule has 1 aromatic rings. The highest BCUT2D eigenvalue weighted by molar-refractivity contribution is 6.29. The third-order valence-corrected chi connectivity index (χ3v) is 2.65. The molecule has 0 saturated carbocycles. The molecule has 1 unspecified atom stereocenters. The van der Waals surface area contributed by atoms with Crippen LogP contribution in [0.4, 0.5) is 5.82 Å². The molecule has 4 nitrogen and oxygen atoms in total. The normalized spacial score (nSPS) is 26.3. The predicted molar refractivity (Wildman–Crippen MR) is 59.1 cm³/mol. The van der Waals surface area contributed by atoms with Gasteiger partial charge in [-0.2, -0.15) is 0 Å². The molecule has 2 heterocycles. The Balaban J connectivity index is 2.06. The SMILES string of the molecule is CC1(Nc2cncc(Cl)n2)CCCOC1. The average Bonchev–Trinajstić information content (AvgIpc) is 2.18. The maximum Gasteiger partial charge on any atom is 0.149 e. The summed E-state index contributed by atoms with van der Waals surface area (Å²) < 4.78 is 5.44. The standard InChI is InChI=1S/C10H14ClN3O/c1-10(3-2-4-15-7-10)14-9-6-12-5-8(11)13-9/h5-6H,2-4,7H2,1H3,(H,13,14). The molecule has 2 rings (SSSR count). The Morgan fingerprint density at radius 2 is 2.40 bits per heavy atom. The van der Waals surface area contributed by atoms with Crippen molar-refractivity contribution in [2.45, 2.75) is 25.3 Å². The van der Waals surface area contributed by atoms with Crippen LogP contribution in [0.25, 0.3) is 0 Å². The summed E-state index contributed by atoms with van der Waals surface area (Å²) in [7, 11) is 0. The van der Waals surface area contributed by atoms with E-state index >= 15 is 0 Å². The summed E-state index contributed by atoms with van der Waals surface area (Å²) in [6, 6.07) is 0. The van der Waals surface area contributed by atoms with Gasteiger partial charge in [0, 0.05) is 6.61 Å². The molecule has 1 saturated heterocycles. The molecule has 0 spiro atoms. The summed E-state index contributed by atoms with van der Waals surface area (Å²) in [5.41, 5.74) is -0.0579. The van der Waals surface area contributed by atoms with Crippen LogP contribution in [0.15, 0.2) is 12.4 Å². The molecule has 0 aromatic carbocycles. The lowest BCUT2D eigenvalue weighted by Gasteiger charge is -2.34. The van der Waals surface area contributed by atoms with Crippen LogP contribution in [0.3, 0.4) is 0 Å². The van der Waals surface area contributed by atoms with Gasteiger partial charge in [-0.25, -0.2) is 4.98 Å². The van der Waals surface area contributed by atoms with Crippen molar-refractivity contribution in [3.63, 3.8) is 0 Å². The first kappa shape index (κ1) is 10.6. The highest BCUT2D eigenvalue weighted by atomic mass is 35.5. The zero-order valence-corrected chi connectivity index (χ0v) is 9.42. The number of ether oxygens (including phenoxy) is 1. The fourth-order valence-electron chi connectivity index (χ4n) is 1.74. The molecular formula is C10H14ClN3O. The van der Waals surface area contributed by atoms with Gasteiger partial charge in [0.2, 0.25) is 0 Å². The summed E-state index contributed by atoms with van der Waals surface area (Å²) in [5.74, 6) is 0.704. The zero-order valence-electron chi connectivity index (χ0n) is 8.66. The zero-order chi connectivity index (χ0) is 10.7. The third-order valence-electron chi connectivity index (χ3n) is 2.47. The van der Waals surface area contributed by atoms with Crippen LogP contribution in [0, 0.1) is 0 Å². The van der Waals surface area contributed by atoms with Gasteiger partial charge in [-0.3, -0.25) is 4.98 Å². The Kier molecular flexibility index (Phi) is 3.07. The van der Waals surface area contributed by atoms with Crippen LogP contribution < -0.4 is 5.32 Å². The number of rotatable bonds is 2. The first-order valence-corrected chi connectivity index (χ1v) is 5.39.